The van der Waals surface area contributed by atoms with Gasteiger partial charge in [0.2, 0.25) is 5.43 Å². The van der Waals surface area contributed by atoms with Crippen molar-refractivity contribution in [2.75, 3.05) is 6.61 Å². The highest BCUT2D eigenvalue weighted by molar-refractivity contribution is 6.33. The van der Waals surface area contributed by atoms with Gasteiger partial charge in [0.1, 0.15) is 5.56 Å². The first kappa shape index (κ1) is 21.3. The molecule has 0 unspecified atom stereocenters. The van der Waals surface area contributed by atoms with E-state index < -0.39 is 46.4 Å². The quantitative estimate of drug-likeness (QED) is 0.519. The Hall–Kier alpha value is -2.94. The molecular formula is C21H19ClFNO7. The topological polar surface area (TPSA) is 101 Å². The number of halogens is 2. The van der Waals surface area contributed by atoms with Crippen molar-refractivity contribution in [2.45, 2.75) is 51.4 Å². The van der Waals surface area contributed by atoms with Gasteiger partial charge >= 0.3 is 17.9 Å². The Morgan fingerprint density at radius 3 is 2.42 bits per heavy atom. The van der Waals surface area contributed by atoms with Crippen LogP contribution in [0.15, 0.2) is 17.1 Å². The lowest BCUT2D eigenvalue weighted by molar-refractivity contribution is -0.234. The molecule has 0 spiro atoms. The van der Waals surface area contributed by atoms with Crippen LogP contribution in [0.25, 0.3) is 10.9 Å². The van der Waals surface area contributed by atoms with Crippen LogP contribution in [-0.2, 0) is 23.8 Å². The number of carbonyl (C=O) groups excluding carboxylic acids is 3. The summed E-state index contributed by atoms with van der Waals surface area (Å²) in [5, 5.41) is -0.481. The Morgan fingerprint density at radius 1 is 1.26 bits per heavy atom. The number of ether oxygens (including phenoxy) is 3. The number of rotatable bonds is 4. The lowest BCUT2D eigenvalue weighted by Crippen LogP contribution is -2.45. The average Bonchev–Trinajstić information content (AvgIpc) is 3.49. The van der Waals surface area contributed by atoms with Crippen LogP contribution in [0.3, 0.4) is 0 Å². The molecule has 0 bridgehead atoms. The minimum atomic E-state index is -1.74. The monoisotopic (exact) mass is 451 g/mol. The number of carbonyl (C=O) groups is 3. The highest BCUT2D eigenvalue weighted by Crippen LogP contribution is 2.41. The van der Waals surface area contributed by atoms with Crippen LogP contribution in [0.1, 0.15) is 61.5 Å². The largest absolute Gasteiger partial charge is 0.462 e. The Morgan fingerprint density at radius 2 is 1.87 bits per heavy atom. The first-order valence-electron chi connectivity index (χ1n) is 9.75. The van der Waals surface area contributed by atoms with E-state index in [4.69, 9.17) is 25.8 Å². The van der Waals surface area contributed by atoms with Gasteiger partial charge in [-0.05, 0) is 25.8 Å². The van der Waals surface area contributed by atoms with E-state index in [0.717, 1.165) is 6.07 Å². The summed E-state index contributed by atoms with van der Waals surface area (Å²) in [6.07, 6.45) is 2.67. The highest BCUT2D eigenvalue weighted by atomic mass is 35.5. The van der Waals surface area contributed by atoms with Gasteiger partial charge in [-0.3, -0.25) is 14.4 Å². The Balaban J connectivity index is 1.97. The van der Waals surface area contributed by atoms with E-state index in [1.54, 1.807) is 6.92 Å². The van der Waals surface area contributed by atoms with E-state index >= 15 is 4.39 Å². The number of hydrogen-bond donors (Lipinski definition) is 0. The number of cyclic esters (lactones) is 2. The van der Waals surface area contributed by atoms with Gasteiger partial charge in [-0.25, -0.2) is 9.18 Å². The summed E-state index contributed by atoms with van der Waals surface area (Å²) in [6.45, 7) is 4.42. The third kappa shape index (κ3) is 3.56. The Kier molecular flexibility index (Phi) is 5.04. The number of fused-ring (bicyclic) bond motifs is 1. The molecule has 1 saturated heterocycles. The number of pyridine rings is 1. The molecule has 31 heavy (non-hydrogen) atoms. The van der Waals surface area contributed by atoms with Crippen molar-refractivity contribution in [3.63, 3.8) is 0 Å². The van der Waals surface area contributed by atoms with Crippen LogP contribution in [0.2, 0.25) is 5.02 Å². The fourth-order valence-electron chi connectivity index (χ4n) is 3.67. The Labute approximate surface area is 180 Å². The number of esters is 3. The molecule has 10 heteroatoms. The first-order chi connectivity index (χ1) is 14.6. The van der Waals surface area contributed by atoms with Gasteiger partial charge in [-0.2, -0.15) is 0 Å². The van der Waals surface area contributed by atoms with Crippen LogP contribution in [0.4, 0.5) is 4.39 Å². The predicted molar refractivity (Wildman–Crippen MR) is 106 cm³/mol. The number of aromatic nitrogens is 1. The molecule has 0 radical (unpaired) electrons. The molecule has 1 aliphatic heterocycles. The zero-order valence-electron chi connectivity index (χ0n) is 17.0. The van der Waals surface area contributed by atoms with E-state index in [2.05, 4.69) is 0 Å². The molecule has 4 rings (SSSR count). The highest BCUT2D eigenvalue weighted by Gasteiger charge is 2.47. The van der Waals surface area contributed by atoms with Gasteiger partial charge in [0, 0.05) is 36.7 Å². The summed E-state index contributed by atoms with van der Waals surface area (Å²) >= 11 is 6.24. The smallest absolute Gasteiger partial charge is 0.343 e. The molecule has 1 saturated carbocycles. The summed E-state index contributed by atoms with van der Waals surface area (Å²) in [5.74, 6) is -7.09. The fourth-order valence-corrected chi connectivity index (χ4v) is 3.97. The molecule has 0 N–H and O–H groups in total. The van der Waals surface area contributed by atoms with Gasteiger partial charge < -0.3 is 18.8 Å². The molecule has 0 amide bonds. The van der Waals surface area contributed by atoms with Crippen molar-refractivity contribution in [3.8, 4) is 0 Å². The number of nitrogens with zero attached hydrogens (tertiary/aromatic N) is 1. The molecule has 164 valence electrons. The number of benzene rings is 1. The van der Waals surface area contributed by atoms with Gasteiger partial charge in [0.25, 0.3) is 5.79 Å². The van der Waals surface area contributed by atoms with Gasteiger partial charge in [0.15, 0.2) is 11.7 Å². The summed E-state index contributed by atoms with van der Waals surface area (Å²) in [6, 6.07) is 1.00. The molecule has 1 aromatic heterocycles. The van der Waals surface area contributed by atoms with Crippen molar-refractivity contribution >= 4 is 40.4 Å². The van der Waals surface area contributed by atoms with Crippen molar-refractivity contribution in [1.82, 2.24) is 4.57 Å². The standard InChI is InChI=1S/C21H19ClFNO7/c1-4-29-18(26)11-8-24(9-5-6-9)16-10(17(11)25)7-12(22)13(15(16)23)14-19(27)30-21(2,3)31-20(14)28/h7-9,14H,4-6H2,1-3H3. The third-order valence-electron chi connectivity index (χ3n) is 5.13. The first-order valence-corrected chi connectivity index (χ1v) is 10.1. The van der Waals surface area contributed by atoms with Gasteiger partial charge in [0.05, 0.1) is 17.5 Å². The molecule has 2 aromatic rings. The number of hydrogen-bond acceptors (Lipinski definition) is 7. The zero-order valence-corrected chi connectivity index (χ0v) is 17.7. The van der Waals surface area contributed by atoms with E-state index in [1.807, 2.05) is 0 Å². The second kappa shape index (κ2) is 7.33. The van der Waals surface area contributed by atoms with Crippen LogP contribution in [0.5, 0.6) is 0 Å². The minimum absolute atomic E-state index is 0.0655. The van der Waals surface area contributed by atoms with Crippen LogP contribution >= 0.6 is 11.6 Å². The van der Waals surface area contributed by atoms with E-state index in [-0.39, 0.29) is 34.1 Å². The van der Waals surface area contributed by atoms with Crippen molar-refractivity contribution in [1.29, 1.82) is 0 Å². The van der Waals surface area contributed by atoms with Crippen molar-refractivity contribution in [3.05, 3.63) is 44.5 Å². The van der Waals surface area contributed by atoms with E-state index in [1.165, 1.54) is 24.6 Å². The van der Waals surface area contributed by atoms with Gasteiger partial charge in [-0.15, -0.1) is 0 Å². The van der Waals surface area contributed by atoms with Crippen LogP contribution in [-0.4, -0.2) is 34.9 Å². The molecule has 8 nitrogen and oxygen atoms in total. The molecule has 2 heterocycles. The molecule has 0 atom stereocenters. The summed E-state index contributed by atoms with van der Waals surface area (Å²) in [5.41, 5.74) is -1.59. The summed E-state index contributed by atoms with van der Waals surface area (Å²) < 4.78 is 32.4. The predicted octanol–water partition coefficient (Wildman–Crippen LogP) is 3.23. The Bertz CT molecular complexity index is 1180. The van der Waals surface area contributed by atoms with Crippen LogP contribution in [0, 0.1) is 5.82 Å². The van der Waals surface area contributed by atoms with Crippen LogP contribution < -0.4 is 5.43 Å². The van der Waals surface area contributed by atoms with E-state index in [9.17, 15) is 19.2 Å². The van der Waals surface area contributed by atoms with E-state index in [0.29, 0.717) is 12.8 Å². The lowest BCUT2D eigenvalue weighted by atomic mass is 9.95. The molecule has 1 aliphatic carbocycles. The average molecular weight is 452 g/mol. The molecule has 2 fully saturated rings. The fraction of sp³-hybridized carbons (Fsp3) is 0.429. The SMILES string of the molecule is CCOC(=O)c1cn(C2CC2)c2c(F)c(C3C(=O)OC(C)(C)OC3=O)c(Cl)cc2c1=O. The summed E-state index contributed by atoms with van der Waals surface area (Å²) in [7, 11) is 0. The second-order valence-corrected chi connectivity index (χ2v) is 8.30. The maximum Gasteiger partial charge on any atom is 0.343 e. The normalized spacial score (nSPS) is 18.6. The van der Waals surface area contributed by atoms with Crippen molar-refractivity contribution in [2.24, 2.45) is 0 Å². The molecule has 2 aliphatic rings. The van der Waals surface area contributed by atoms with Gasteiger partial charge in [-0.1, -0.05) is 11.6 Å². The third-order valence-corrected chi connectivity index (χ3v) is 5.44. The minimum Gasteiger partial charge on any atom is -0.462 e. The lowest BCUT2D eigenvalue weighted by Gasteiger charge is -2.33. The molecule has 1 aromatic carbocycles. The zero-order chi connectivity index (χ0) is 22.7. The summed E-state index contributed by atoms with van der Waals surface area (Å²) in [4.78, 5) is 50.2. The van der Waals surface area contributed by atoms with Crippen molar-refractivity contribution < 1.29 is 33.0 Å². The maximum atomic E-state index is 15.8. The maximum absolute atomic E-state index is 15.8. The second-order valence-electron chi connectivity index (χ2n) is 7.89. The molecular weight excluding hydrogens is 433 g/mol.